The van der Waals surface area contributed by atoms with Crippen LogP contribution >= 0.6 is 15.9 Å². The maximum Gasteiger partial charge on any atom is 0.242 e. The van der Waals surface area contributed by atoms with Crippen LogP contribution in [0.2, 0.25) is 0 Å². The molecule has 1 aromatic rings. The smallest absolute Gasteiger partial charge is 0.242 e. The fraction of sp³-hybridized carbons (Fsp3) is 0.500. The number of aliphatic hydroxyl groups excluding tert-OH is 1. The Morgan fingerprint density at radius 3 is 2.58 bits per heavy atom. The molecule has 0 radical (unpaired) electrons. The lowest BCUT2D eigenvalue weighted by Gasteiger charge is -2.27. The molecule has 0 bridgehead atoms. The van der Waals surface area contributed by atoms with Crippen LogP contribution in [-0.4, -0.2) is 25.7 Å². The van der Waals surface area contributed by atoms with Crippen LogP contribution in [0.15, 0.2) is 27.6 Å². The van der Waals surface area contributed by atoms with Crippen molar-refractivity contribution in [2.75, 3.05) is 12.3 Å². The van der Waals surface area contributed by atoms with E-state index in [-0.39, 0.29) is 11.5 Å². The summed E-state index contributed by atoms with van der Waals surface area (Å²) in [6, 6.07) is 4.64. The van der Waals surface area contributed by atoms with E-state index in [2.05, 4.69) is 20.7 Å². The molecule has 106 valence electrons. The summed E-state index contributed by atoms with van der Waals surface area (Å²) in [4.78, 5) is 0.104. The first-order chi connectivity index (χ1) is 8.88. The van der Waals surface area contributed by atoms with Gasteiger partial charge in [0.05, 0.1) is 17.0 Å². The Labute approximate surface area is 121 Å². The molecule has 7 heteroatoms. The van der Waals surface area contributed by atoms with Crippen molar-refractivity contribution in [2.45, 2.75) is 36.1 Å². The van der Waals surface area contributed by atoms with Crippen molar-refractivity contribution < 1.29 is 13.5 Å². The van der Waals surface area contributed by atoms with Crippen LogP contribution in [0.3, 0.4) is 0 Å². The highest BCUT2D eigenvalue weighted by Crippen LogP contribution is 2.32. The van der Waals surface area contributed by atoms with Crippen molar-refractivity contribution in [1.29, 1.82) is 0 Å². The first-order valence-electron chi connectivity index (χ1n) is 6.08. The molecule has 0 atom stereocenters. The molecule has 1 saturated carbocycles. The molecule has 0 saturated heterocycles. The van der Waals surface area contributed by atoms with E-state index in [1.54, 1.807) is 12.1 Å². The molecule has 1 fully saturated rings. The summed E-state index contributed by atoms with van der Waals surface area (Å²) in [5.41, 5.74) is 5.28. The van der Waals surface area contributed by atoms with Gasteiger partial charge >= 0.3 is 0 Å². The molecule has 1 aliphatic rings. The van der Waals surface area contributed by atoms with Gasteiger partial charge in [0, 0.05) is 10.2 Å². The minimum absolute atomic E-state index is 0.104. The zero-order chi connectivity index (χ0) is 14.1. The molecule has 2 rings (SSSR count). The van der Waals surface area contributed by atoms with Crippen LogP contribution in [-0.2, 0) is 10.0 Å². The summed E-state index contributed by atoms with van der Waals surface area (Å²) in [5, 5.41) is 9.49. The number of rotatable bonds is 4. The predicted octanol–water partition coefficient (Wildman–Crippen LogP) is 1.61. The number of nitrogen functional groups attached to an aromatic ring is 1. The van der Waals surface area contributed by atoms with Crippen molar-refractivity contribution in [1.82, 2.24) is 4.72 Å². The number of hydrogen-bond donors (Lipinski definition) is 3. The van der Waals surface area contributed by atoms with Gasteiger partial charge in [0.1, 0.15) is 0 Å². The quantitative estimate of drug-likeness (QED) is 0.720. The van der Waals surface area contributed by atoms with Crippen LogP contribution in [0.5, 0.6) is 0 Å². The van der Waals surface area contributed by atoms with Crippen molar-refractivity contribution in [2.24, 2.45) is 0 Å². The third-order valence-electron chi connectivity index (χ3n) is 3.46. The maximum absolute atomic E-state index is 12.4. The first-order valence-corrected chi connectivity index (χ1v) is 8.36. The summed E-state index contributed by atoms with van der Waals surface area (Å²) < 4.78 is 27.9. The lowest BCUT2D eigenvalue weighted by molar-refractivity contribution is 0.185. The molecule has 0 heterocycles. The second kappa shape index (κ2) is 5.40. The van der Waals surface area contributed by atoms with Gasteiger partial charge < -0.3 is 10.8 Å². The average molecular weight is 349 g/mol. The van der Waals surface area contributed by atoms with Gasteiger partial charge in [-0.1, -0.05) is 12.8 Å². The Balaban J connectivity index is 2.34. The van der Waals surface area contributed by atoms with Crippen LogP contribution < -0.4 is 10.5 Å². The van der Waals surface area contributed by atoms with Gasteiger partial charge in [0.25, 0.3) is 0 Å². The van der Waals surface area contributed by atoms with Gasteiger partial charge in [-0.05, 0) is 47.0 Å². The maximum atomic E-state index is 12.4. The minimum Gasteiger partial charge on any atom is -0.399 e. The van der Waals surface area contributed by atoms with E-state index < -0.39 is 15.6 Å². The number of anilines is 1. The largest absolute Gasteiger partial charge is 0.399 e. The second-order valence-corrected chi connectivity index (χ2v) is 7.45. The zero-order valence-electron chi connectivity index (χ0n) is 10.4. The monoisotopic (exact) mass is 348 g/mol. The molecule has 0 unspecified atom stereocenters. The molecule has 0 amide bonds. The van der Waals surface area contributed by atoms with Gasteiger partial charge in [-0.2, -0.15) is 0 Å². The number of aliphatic hydroxyl groups is 1. The second-order valence-electron chi connectivity index (χ2n) is 4.94. The lowest BCUT2D eigenvalue weighted by Crippen LogP contribution is -2.49. The van der Waals surface area contributed by atoms with Gasteiger partial charge in [-0.15, -0.1) is 0 Å². The van der Waals surface area contributed by atoms with E-state index in [0.717, 1.165) is 12.8 Å². The van der Waals surface area contributed by atoms with Crippen molar-refractivity contribution in [3.8, 4) is 0 Å². The molecular weight excluding hydrogens is 332 g/mol. The van der Waals surface area contributed by atoms with Crippen LogP contribution in [0.4, 0.5) is 5.69 Å². The van der Waals surface area contributed by atoms with Crippen molar-refractivity contribution >= 4 is 31.6 Å². The van der Waals surface area contributed by atoms with Crippen LogP contribution in [0, 0.1) is 0 Å². The third-order valence-corrected chi connectivity index (χ3v) is 6.03. The minimum atomic E-state index is -3.70. The Bertz CT molecular complexity index is 568. The first kappa shape index (κ1) is 14.8. The van der Waals surface area contributed by atoms with Crippen LogP contribution in [0.25, 0.3) is 0 Å². The molecule has 1 aromatic carbocycles. The topological polar surface area (TPSA) is 92.4 Å². The molecule has 19 heavy (non-hydrogen) atoms. The summed E-state index contributed by atoms with van der Waals surface area (Å²) in [6.45, 7) is -0.188. The SMILES string of the molecule is Nc1ccc(Br)c(S(=O)(=O)NC2(CO)CCCC2)c1. The Morgan fingerprint density at radius 2 is 2.00 bits per heavy atom. The fourth-order valence-electron chi connectivity index (χ4n) is 2.41. The highest BCUT2D eigenvalue weighted by atomic mass is 79.9. The standard InChI is InChI=1S/C12H17BrN2O3S/c13-10-4-3-9(14)7-11(10)19(17,18)15-12(8-16)5-1-2-6-12/h3-4,7,15-16H,1-2,5-6,8,14H2. The number of nitrogens with two attached hydrogens (primary N) is 1. The van der Waals surface area contributed by atoms with Gasteiger partial charge in [0.15, 0.2) is 0 Å². The molecule has 0 aliphatic heterocycles. The predicted molar refractivity (Wildman–Crippen MR) is 77.2 cm³/mol. The summed E-state index contributed by atoms with van der Waals surface area (Å²) in [7, 11) is -3.70. The average Bonchev–Trinajstić information content (AvgIpc) is 2.80. The zero-order valence-corrected chi connectivity index (χ0v) is 12.8. The van der Waals surface area contributed by atoms with Crippen LogP contribution in [0.1, 0.15) is 25.7 Å². The van der Waals surface area contributed by atoms with Crippen molar-refractivity contribution in [3.63, 3.8) is 0 Å². The Kier molecular flexibility index (Phi) is 4.20. The summed E-state index contributed by atoms with van der Waals surface area (Å²) >= 11 is 3.22. The Morgan fingerprint density at radius 1 is 1.37 bits per heavy atom. The number of benzene rings is 1. The number of sulfonamides is 1. The summed E-state index contributed by atoms with van der Waals surface area (Å²) in [6.07, 6.45) is 3.15. The van der Waals surface area contributed by atoms with E-state index in [4.69, 9.17) is 5.73 Å². The number of halogens is 1. The van der Waals surface area contributed by atoms with E-state index in [1.807, 2.05) is 0 Å². The molecule has 0 aromatic heterocycles. The molecule has 5 nitrogen and oxygen atoms in total. The molecule has 0 spiro atoms. The van der Waals surface area contributed by atoms with Gasteiger partial charge in [-0.25, -0.2) is 13.1 Å². The molecule has 4 N–H and O–H groups in total. The highest BCUT2D eigenvalue weighted by Gasteiger charge is 2.38. The van der Waals surface area contributed by atoms with E-state index in [9.17, 15) is 13.5 Å². The highest BCUT2D eigenvalue weighted by molar-refractivity contribution is 9.10. The summed E-state index contributed by atoms with van der Waals surface area (Å²) in [5.74, 6) is 0. The third kappa shape index (κ3) is 3.10. The Hall–Kier alpha value is -0.630. The normalized spacial score (nSPS) is 18.6. The number of nitrogens with one attached hydrogen (secondary N) is 1. The molecule has 1 aliphatic carbocycles. The molecular formula is C12H17BrN2O3S. The number of hydrogen-bond acceptors (Lipinski definition) is 4. The van der Waals surface area contributed by atoms with E-state index in [0.29, 0.717) is 23.0 Å². The van der Waals surface area contributed by atoms with Gasteiger partial charge in [0.2, 0.25) is 10.0 Å². The van der Waals surface area contributed by atoms with E-state index in [1.165, 1.54) is 6.07 Å². The lowest BCUT2D eigenvalue weighted by atomic mass is 10.0. The van der Waals surface area contributed by atoms with Crippen molar-refractivity contribution in [3.05, 3.63) is 22.7 Å². The van der Waals surface area contributed by atoms with Gasteiger partial charge in [-0.3, -0.25) is 0 Å². The fourth-order valence-corrected chi connectivity index (χ4v) is 4.86. The van der Waals surface area contributed by atoms with E-state index >= 15 is 0 Å².